The summed E-state index contributed by atoms with van der Waals surface area (Å²) in [5.41, 5.74) is 2.44. The molecule has 2 aromatic heterocycles. The molecule has 0 fully saturated rings. The van der Waals surface area contributed by atoms with E-state index in [4.69, 9.17) is 4.42 Å². The highest BCUT2D eigenvalue weighted by atomic mass is 19.1. The lowest BCUT2D eigenvalue weighted by Gasteiger charge is -2.14. The quantitative estimate of drug-likeness (QED) is 0.239. The van der Waals surface area contributed by atoms with Crippen molar-refractivity contribution in [1.29, 1.82) is 0 Å². The predicted octanol–water partition coefficient (Wildman–Crippen LogP) is 5.74. The maximum atomic E-state index is 13.3. The molecule has 5 aromatic rings. The Morgan fingerprint density at radius 3 is 2.45 bits per heavy atom. The summed E-state index contributed by atoms with van der Waals surface area (Å²) in [5, 5.41) is 1.05. The van der Waals surface area contributed by atoms with Crippen LogP contribution in [0.25, 0.3) is 11.0 Å². The lowest BCUT2D eigenvalue weighted by Crippen LogP contribution is -2.41. The van der Waals surface area contributed by atoms with Gasteiger partial charge in [-0.2, -0.15) is 0 Å². The summed E-state index contributed by atoms with van der Waals surface area (Å²) in [6.07, 6.45) is 4.66. The highest BCUT2D eigenvalue weighted by Crippen LogP contribution is 2.32. The molecule has 0 bridgehead atoms. The molecule has 5 heteroatoms. The van der Waals surface area contributed by atoms with Crippen LogP contribution in [0.5, 0.6) is 0 Å². The maximum absolute atomic E-state index is 13.3. The van der Waals surface area contributed by atoms with Gasteiger partial charge in [0.2, 0.25) is 5.78 Å². The van der Waals surface area contributed by atoms with E-state index in [0.29, 0.717) is 5.56 Å². The Labute approximate surface area is 191 Å². The van der Waals surface area contributed by atoms with Crippen LogP contribution in [0.1, 0.15) is 40.5 Å². The van der Waals surface area contributed by atoms with Crippen LogP contribution in [0.3, 0.4) is 0 Å². The number of para-hydroxylation sites is 1. The van der Waals surface area contributed by atoms with E-state index in [0.717, 1.165) is 34.5 Å². The number of hydrogen-bond donors (Lipinski definition) is 0. The SMILES string of the molecule is CCc1n(C(c2ccccc2)c2cc3ccccc3o2)cc[n+]1CC(=O)c1ccc(F)cc1. The minimum atomic E-state index is -0.351. The Balaban J connectivity index is 1.56. The number of fused-ring (bicyclic) bond motifs is 1. The lowest BCUT2D eigenvalue weighted by molar-refractivity contribution is -0.690. The van der Waals surface area contributed by atoms with E-state index in [9.17, 15) is 9.18 Å². The molecule has 0 radical (unpaired) electrons. The first-order valence-corrected chi connectivity index (χ1v) is 11.1. The number of imidazole rings is 1. The van der Waals surface area contributed by atoms with Crippen molar-refractivity contribution in [2.24, 2.45) is 0 Å². The maximum Gasteiger partial charge on any atom is 0.257 e. The molecule has 33 heavy (non-hydrogen) atoms. The zero-order valence-electron chi connectivity index (χ0n) is 18.3. The molecule has 3 aromatic carbocycles. The number of furan rings is 1. The summed E-state index contributed by atoms with van der Waals surface area (Å²) in [4.78, 5) is 12.9. The van der Waals surface area contributed by atoms with Gasteiger partial charge in [-0.25, -0.2) is 13.5 Å². The number of halogens is 1. The molecule has 0 aliphatic rings. The van der Waals surface area contributed by atoms with Gasteiger partial charge in [-0.15, -0.1) is 0 Å². The van der Waals surface area contributed by atoms with Crippen molar-refractivity contribution in [1.82, 2.24) is 4.57 Å². The van der Waals surface area contributed by atoms with Crippen molar-refractivity contribution in [3.05, 3.63) is 126 Å². The summed E-state index contributed by atoms with van der Waals surface area (Å²) >= 11 is 0. The molecule has 0 amide bonds. The number of nitrogens with zero attached hydrogens (tertiary/aromatic N) is 2. The third-order valence-corrected chi connectivity index (χ3v) is 5.94. The third kappa shape index (κ3) is 4.10. The fourth-order valence-electron chi connectivity index (χ4n) is 4.35. The second-order valence-electron chi connectivity index (χ2n) is 8.03. The molecule has 2 heterocycles. The molecule has 0 spiro atoms. The van der Waals surface area contributed by atoms with Gasteiger partial charge in [0.15, 0.2) is 18.3 Å². The molecule has 4 nitrogen and oxygen atoms in total. The summed E-state index contributed by atoms with van der Waals surface area (Å²) < 4.78 is 23.7. The Morgan fingerprint density at radius 1 is 1.00 bits per heavy atom. The van der Waals surface area contributed by atoms with Crippen LogP contribution in [0, 0.1) is 5.82 Å². The molecular formula is C28H24FN2O2+. The first-order chi connectivity index (χ1) is 16.1. The smallest absolute Gasteiger partial charge is 0.257 e. The van der Waals surface area contributed by atoms with Crippen LogP contribution in [0.4, 0.5) is 4.39 Å². The van der Waals surface area contributed by atoms with Crippen molar-refractivity contribution >= 4 is 16.8 Å². The Bertz CT molecular complexity index is 1370. The van der Waals surface area contributed by atoms with Crippen molar-refractivity contribution in [2.75, 3.05) is 0 Å². The van der Waals surface area contributed by atoms with Gasteiger partial charge in [0.05, 0.1) is 0 Å². The van der Waals surface area contributed by atoms with Gasteiger partial charge in [-0.1, -0.05) is 55.5 Å². The van der Waals surface area contributed by atoms with Crippen LogP contribution < -0.4 is 4.57 Å². The van der Waals surface area contributed by atoms with Crippen LogP contribution in [-0.4, -0.2) is 10.4 Å². The number of carbonyl (C=O) groups excluding carboxylic acids is 1. The topological polar surface area (TPSA) is 39.0 Å². The van der Waals surface area contributed by atoms with Gasteiger partial charge in [0.1, 0.15) is 23.8 Å². The second kappa shape index (κ2) is 8.87. The Hall–Kier alpha value is -3.99. The van der Waals surface area contributed by atoms with E-state index < -0.39 is 0 Å². The first kappa shape index (κ1) is 20.9. The van der Waals surface area contributed by atoms with Crippen molar-refractivity contribution < 1.29 is 18.2 Å². The van der Waals surface area contributed by atoms with E-state index in [2.05, 4.69) is 29.7 Å². The number of rotatable bonds is 7. The molecule has 0 saturated heterocycles. The summed E-state index contributed by atoms with van der Waals surface area (Å²) in [6.45, 7) is 2.26. The summed E-state index contributed by atoms with van der Waals surface area (Å²) in [5.74, 6) is 1.42. The van der Waals surface area contributed by atoms with E-state index in [1.807, 2.05) is 59.4 Å². The minimum absolute atomic E-state index is 0.0625. The molecule has 5 rings (SSSR count). The van der Waals surface area contributed by atoms with Crippen LogP contribution in [0.2, 0.25) is 0 Å². The molecule has 164 valence electrons. The summed E-state index contributed by atoms with van der Waals surface area (Å²) in [7, 11) is 0. The second-order valence-corrected chi connectivity index (χ2v) is 8.03. The predicted molar refractivity (Wildman–Crippen MR) is 125 cm³/mol. The normalized spacial score (nSPS) is 12.2. The largest absolute Gasteiger partial charge is 0.456 e. The zero-order valence-corrected chi connectivity index (χ0v) is 18.3. The summed E-state index contributed by atoms with van der Waals surface area (Å²) in [6, 6.07) is 25.8. The van der Waals surface area contributed by atoms with Gasteiger partial charge in [0, 0.05) is 22.9 Å². The average Bonchev–Trinajstić information content (AvgIpc) is 3.44. The minimum Gasteiger partial charge on any atom is -0.456 e. The van der Waals surface area contributed by atoms with Crippen molar-refractivity contribution in [3.63, 3.8) is 0 Å². The zero-order chi connectivity index (χ0) is 22.8. The fourth-order valence-corrected chi connectivity index (χ4v) is 4.35. The molecule has 0 saturated carbocycles. The Kier molecular flexibility index (Phi) is 5.61. The molecule has 1 atom stereocenters. The third-order valence-electron chi connectivity index (χ3n) is 5.94. The number of aromatic nitrogens is 2. The van der Waals surface area contributed by atoms with Crippen molar-refractivity contribution in [2.45, 2.75) is 25.9 Å². The van der Waals surface area contributed by atoms with Gasteiger partial charge in [-0.05, 0) is 36.4 Å². The van der Waals surface area contributed by atoms with Crippen LogP contribution in [-0.2, 0) is 13.0 Å². The van der Waals surface area contributed by atoms with Crippen molar-refractivity contribution in [3.8, 4) is 0 Å². The van der Waals surface area contributed by atoms with Crippen LogP contribution >= 0.6 is 0 Å². The van der Waals surface area contributed by atoms with E-state index in [1.165, 1.54) is 24.3 Å². The van der Waals surface area contributed by atoms with Gasteiger partial charge >= 0.3 is 0 Å². The highest BCUT2D eigenvalue weighted by Gasteiger charge is 2.30. The lowest BCUT2D eigenvalue weighted by atomic mass is 10.0. The molecule has 0 aliphatic carbocycles. The number of Topliss-reactive ketones (excluding diaryl/α,β-unsaturated/α-hetero) is 1. The van der Waals surface area contributed by atoms with Gasteiger partial charge in [0.25, 0.3) is 5.82 Å². The average molecular weight is 440 g/mol. The Morgan fingerprint density at radius 2 is 1.73 bits per heavy atom. The molecular weight excluding hydrogens is 415 g/mol. The fraction of sp³-hybridized carbons (Fsp3) is 0.143. The standard InChI is InChI=1S/C28H24FN2O2/c1-2-27-30(19-24(32)20-12-14-23(29)15-13-20)16-17-31(27)28(21-8-4-3-5-9-21)26-18-22-10-6-7-11-25(22)33-26/h3-18,28H,2,19H2,1H3/q+1. The first-order valence-electron chi connectivity index (χ1n) is 11.1. The molecule has 0 N–H and O–H groups in total. The molecule has 1 unspecified atom stereocenters. The van der Waals surface area contributed by atoms with E-state index >= 15 is 0 Å². The number of hydrogen-bond acceptors (Lipinski definition) is 2. The van der Waals surface area contributed by atoms with Crippen LogP contribution in [0.15, 0.2) is 102 Å². The van der Waals surface area contributed by atoms with E-state index in [-0.39, 0.29) is 24.2 Å². The van der Waals surface area contributed by atoms with E-state index in [1.54, 1.807) is 0 Å². The highest BCUT2D eigenvalue weighted by molar-refractivity contribution is 5.95. The number of benzene rings is 3. The van der Waals surface area contributed by atoms with Gasteiger partial charge < -0.3 is 4.42 Å². The monoisotopic (exact) mass is 439 g/mol. The number of carbonyl (C=O) groups is 1. The number of ketones is 1. The van der Waals surface area contributed by atoms with Gasteiger partial charge in [-0.3, -0.25) is 4.79 Å². The molecule has 0 aliphatic heterocycles.